The summed E-state index contributed by atoms with van der Waals surface area (Å²) in [6.45, 7) is 4.34. The molecule has 1 saturated carbocycles. The molecule has 1 atom stereocenters. The summed E-state index contributed by atoms with van der Waals surface area (Å²) in [4.78, 5) is 31.6. The number of likely N-dealkylation sites (N-methyl/N-ethyl adjacent to an activating group) is 1. The molecule has 35 heavy (non-hydrogen) atoms. The van der Waals surface area contributed by atoms with E-state index < -0.39 is 10.0 Å². The van der Waals surface area contributed by atoms with Gasteiger partial charge in [-0.25, -0.2) is 8.42 Å². The fraction of sp³-hybridized carbons (Fsp3) is 0.462. The van der Waals surface area contributed by atoms with Crippen LogP contribution in [0.1, 0.15) is 25.3 Å². The standard InChI is InChI=1S/C26H32N4O4S/c1-19-16-21-17-23(10-11-24(21)30(19)26(32)20-8-9-20)35(33,34)27(2)18-25(31)29-14-12-28(13-15-29)22-6-4-3-5-7-22/h3-7,10-11,17,19-20H,8-9,12-16,18H2,1-2H3. The predicted molar refractivity (Wildman–Crippen MR) is 135 cm³/mol. The molecule has 0 N–H and O–H groups in total. The molecule has 2 heterocycles. The molecule has 2 aliphatic heterocycles. The molecule has 2 amide bonds. The number of carbonyl (C=O) groups is 2. The van der Waals surface area contributed by atoms with Crippen molar-refractivity contribution in [2.45, 2.75) is 37.1 Å². The molecule has 0 aromatic heterocycles. The zero-order valence-electron chi connectivity index (χ0n) is 20.3. The van der Waals surface area contributed by atoms with Gasteiger partial charge in [0.05, 0.1) is 11.4 Å². The van der Waals surface area contributed by atoms with Crippen LogP contribution in [0.25, 0.3) is 0 Å². The van der Waals surface area contributed by atoms with Crippen LogP contribution in [0.3, 0.4) is 0 Å². The van der Waals surface area contributed by atoms with Gasteiger partial charge in [-0.1, -0.05) is 18.2 Å². The second-order valence-corrected chi connectivity index (χ2v) is 11.8. The first-order chi connectivity index (χ1) is 16.8. The van der Waals surface area contributed by atoms with Crippen LogP contribution in [0, 0.1) is 5.92 Å². The van der Waals surface area contributed by atoms with Crippen molar-refractivity contribution < 1.29 is 18.0 Å². The van der Waals surface area contributed by atoms with Gasteiger partial charge < -0.3 is 14.7 Å². The van der Waals surface area contributed by atoms with Gasteiger partial charge >= 0.3 is 0 Å². The Morgan fingerprint density at radius 1 is 1.00 bits per heavy atom. The summed E-state index contributed by atoms with van der Waals surface area (Å²) < 4.78 is 27.7. The molecule has 9 heteroatoms. The predicted octanol–water partition coefficient (Wildman–Crippen LogP) is 2.34. The third-order valence-corrected chi connectivity index (χ3v) is 9.05. The molecule has 8 nitrogen and oxygen atoms in total. The van der Waals surface area contributed by atoms with Gasteiger partial charge in [0.25, 0.3) is 0 Å². The minimum Gasteiger partial charge on any atom is -0.368 e. The molecular formula is C26H32N4O4S. The Morgan fingerprint density at radius 3 is 2.34 bits per heavy atom. The number of amides is 2. The maximum Gasteiger partial charge on any atom is 0.243 e. The Bertz CT molecular complexity index is 1220. The van der Waals surface area contributed by atoms with E-state index in [1.54, 1.807) is 23.1 Å². The van der Waals surface area contributed by atoms with E-state index >= 15 is 0 Å². The van der Waals surface area contributed by atoms with Crippen molar-refractivity contribution in [1.82, 2.24) is 9.21 Å². The Labute approximate surface area is 207 Å². The fourth-order valence-electron chi connectivity index (χ4n) is 5.04. The zero-order valence-corrected chi connectivity index (χ0v) is 21.1. The highest BCUT2D eigenvalue weighted by Crippen LogP contribution is 2.39. The van der Waals surface area contributed by atoms with Crippen molar-refractivity contribution in [2.75, 3.05) is 49.6 Å². The van der Waals surface area contributed by atoms with Crippen molar-refractivity contribution in [1.29, 1.82) is 0 Å². The molecular weight excluding hydrogens is 464 g/mol. The molecule has 0 radical (unpaired) electrons. The lowest BCUT2D eigenvalue weighted by Crippen LogP contribution is -2.51. The van der Waals surface area contributed by atoms with E-state index in [1.165, 1.54) is 7.05 Å². The normalized spacial score (nSPS) is 20.3. The molecule has 0 bridgehead atoms. The van der Waals surface area contributed by atoms with E-state index in [4.69, 9.17) is 0 Å². The number of hydrogen-bond donors (Lipinski definition) is 0. The summed E-state index contributed by atoms with van der Waals surface area (Å²) in [7, 11) is -2.38. The first-order valence-corrected chi connectivity index (χ1v) is 13.7. The summed E-state index contributed by atoms with van der Waals surface area (Å²) in [5.41, 5.74) is 2.80. The van der Waals surface area contributed by atoms with Crippen molar-refractivity contribution in [3.63, 3.8) is 0 Å². The highest BCUT2D eigenvalue weighted by Gasteiger charge is 2.40. The van der Waals surface area contributed by atoms with Crippen molar-refractivity contribution in [3.8, 4) is 0 Å². The topological polar surface area (TPSA) is 81.2 Å². The Hall–Kier alpha value is -2.91. The number of sulfonamides is 1. The minimum atomic E-state index is -3.84. The molecule has 5 rings (SSSR count). The Morgan fingerprint density at radius 2 is 1.69 bits per heavy atom. The smallest absolute Gasteiger partial charge is 0.243 e. The van der Waals surface area contributed by atoms with E-state index in [2.05, 4.69) is 17.0 Å². The molecule has 2 aromatic rings. The number of anilines is 2. The lowest BCUT2D eigenvalue weighted by molar-refractivity contribution is -0.131. The number of hydrogen-bond acceptors (Lipinski definition) is 5. The summed E-state index contributed by atoms with van der Waals surface area (Å²) in [5, 5.41) is 0. The number of nitrogens with zero attached hydrogens (tertiary/aromatic N) is 4. The van der Waals surface area contributed by atoms with Crippen molar-refractivity contribution >= 4 is 33.2 Å². The van der Waals surface area contributed by atoms with Crippen molar-refractivity contribution in [3.05, 3.63) is 54.1 Å². The Balaban J connectivity index is 1.23. The Kier molecular flexibility index (Phi) is 6.31. The lowest BCUT2D eigenvalue weighted by atomic mass is 10.1. The molecule has 3 aliphatic rings. The molecule has 1 unspecified atom stereocenters. The third-order valence-electron chi connectivity index (χ3n) is 7.25. The molecule has 2 fully saturated rings. The van der Waals surface area contributed by atoms with Gasteiger partial charge in [-0.15, -0.1) is 0 Å². The number of fused-ring (bicyclic) bond motifs is 1. The third kappa shape index (κ3) is 4.67. The van der Waals surface area contributed by atoms with Crippen molar-refractivity contribution in [2.24, 2.45) is 5.92 Å². The summed E-state index contributed by atoms with van der Waals surface area (Å²) >= 11 is 0. The van der Waals surface area contributed by atoms with E-state index in [1.807, 2.05) is 30.0 Å². The number of benzene rings is 2. The first kappa shape index (κ1) is 23.8. The van der Waals surface area contributed by atoms with Crippen LogP contribution < -0.4 is 9.80 Å². The fourth-order valence-corrected chi connectivity index (χ4v) is 6.21. The number of rotatable bonds is 6. The highest BCUT2D eigenvalue weighted by molar-refractivity contribution is 7.89. The van der Waals surface area contributed by atoms with Gasteiger partial charge in [-0.3, -0.25) is 9.59 Å². The van der Waals surface area contributed by atoms with Crippen LogP contribution in [-0.2, 0) is 26.0 Å². The summed E-state index contributed by atoms with van der Waals surface area (Å²) in [6.07, 6.45) is 2.50. The van der Waals surface area contributed by atoms with Crippen LogP contribution in [0.2, 0.25) is 0 Å². The average Bonchev–Trinajstić information content (AvgIpc) is 3.66. The quantitative estimate of drug-likeness (QED) is 0.613. The molecule has 1 aliphatic carbocycles. The number of para-hydroxylation sites is 1. The molecule has 0 spiro atoms. The second kappa shape index (κ2) is 9.28. The van der Waals surface area contributed by atoms with E-state index in [0.717, 1.165) is 34.1 Å². The lowest BCUT2D eigenvalue weighted by Gasteiger charge is -2.36. The highest BCUT2D eigenvalue weighted by atomic mass is 32.2. The van der Waals surface area contributed by atoms with Gasteiger partial charge in [0.15, 0.2) is 0 Å². The van der Waals surface area contributed by atoms with E-state index in [-0.39, 0.29) is 35.2 Å². The molecule has 1 saturated heterocycles. The van der Waals surface area contributed by atoms with Crippen LogP contribution in [0.4, 0.5) is 11.4 Å². The van der Waals surface area contributed by atoms with Gasteiger partial charge in [-0.2, -0.15) is 4.31 Å². The largest absolute Gasteiger partial charge is 0.368 e. The zero-order chi connectivity index (χ0) is 24.7. The first-order valence-electron chi connectivity index (χ1n) is 12.3. The van der Waals surface area contributed by atoms with E-state index in [0.29, 0.717) is 32.6 Å². The average molecular weight is 497 g/mol. The molecule has 2 aromatic carbocycles. The second-order valence-electron chi connectivity index (χ2n) is 9.79. The summed E-state index contributed by atoms with van der Waals surface area (Å²) in [6, 6.07) is 15.1. The number of carbonyl (C=O) groups excluding carboxylic acids is 2. The van der Waals surface area contributed by atoms with Crippen LogP contribution in [0.5, 0.6) is 0 Å². The van der Waals surface area contributed by atoms with Gasteiger partial charge in [0.2, 0.25) is 21.8 Å². The van der Waals surface area contributed by atoms with Gasteiger partial charge in [0, 0.05) is 56.6 Å². The minimum absolute atomic E-state index is 0.0184. The number of piperazine rings is 1. The SMILES string of the molecule is CC1Cc2cc(S(=O)(=O)N(C)CC(=O)N3CCN(c4ccccc4)CC3)ccc2N1C(=O)C1CC1. The maximum absolute atomic E-state index is 13.3. The van der Waals surface area contributed by atoms with Crippen LogP contribution in [-0.4, -0.2) is 75.3 Å². The summed E-state index contributed by atoms with van der Waals surface area (Å²) in [5.74, 6) is 0.0558. The van der Waals surface area contributed by atoms with Gasteiger partial charge in [-0.05, 0) is 62.1 Å². The van der Waals surface area contributed by atoms with Crippen LogP contribution >= 0.6 is 0 Å². The van der Waals surface area contributed by atoms with Crippen LogP contribution in [0.15, 0.2) is 53.4 Å². The monoisotopic (exact) mass is 496 g/mol. The molecule has 186 valence electrons. The maximum atomic E-state index is 13.3. The van der Waals surface area contributed by atoms with Gasteiger partial charge in [0.1, 0.15) is 0 Å². The van der Waals surface area contributed by atoms with E-state index in [9.17, 15) is 18.0 Å².